The van der Waals surface area contributed by atoms with Crippen LogP contribution in [0, 0.1) is 11.8 Å². The Balaban J connectivity index is 1.97. The van der Waals surface area contributed by atoms with Crippen LogP contribution in [0.15, 0.2) is 11.5 Å². The molecule has 2 aliphatic rings. The monoisotopic (exact) mass is 308 g/mol. The summed E-state index contributed by atoms with van der Waals surface area (Å²) in [5.41, 5.74) is 0.618. The number of ether oxygens (including phenoxy) is 1. The molecule has 0 spiro atoms. The fourth-order valence-corrected chi connectivity index (χ4v) is 3.00. The van der Waals surface area contributed by atoms with Crippen LogP contribution in [0.25, 0.3) is 0 Å². The van der Waals surface area contributed by atoms with Gasteiger partial charge in [0.25, 0.3) is 0 Å². The van der Waals surface area contributed by atoms with Gasteiger partial charge < -0.3 is 14.0 Å². The molecule has 0 aromatic rings. The van der Waals surface area contributed by atoms with E-state index in [1.165, 1.54) is 5.47 Å². The van der Waals surface area contributed by atoms with Gasteiger partial charge in [0, 0.05) is 0 Å². The molecule has 5 heteroatoms. The Hall–Kier alpha value is -0.805. The summed E-state index contributed by atoms with van der Waals surface area (Å²) in [5.74, 6) is 0.223. The van der Waals surface area contributed by atoms with Gasteiger partial charge in [-0.2, -0.15) is 0 Å². The molecule has 1 aliphatic heterocycles. The lowest BCUT2D eigenvalue weighted by atomic mass is 9.69. The molecule has 0 bridgehead atoms. The summed E-state index contributed by atoms with van der Waals surface area (Å²) in [4.78, 5) is 11.9. The van der Waals surface area contributed by atoms with E-state index in [9.17, 15) is 4.79 Å². The third-order valence-corrected chi connectivity index (χ3v) is 5.41. The number of rotatable bonds is 4. The molecule has 0 aromatic carbocycles. The Morgan fingerprint density at radius 2 is 1.95 bits per heavy atom. The summed E-state index contributed by atoms with van der Waals surface area (Å²) in [7, 11) is -0.246. The highest BCUT2D eigenvalue weighted by Gasteiger charge is 2.52. The molecule has 4 nitrogen and oxygen atoms in total. The largest absolute Gasteiger partial charge is 0.490 e. The van der Waals surface area contributed by atoms with Crippen molar-refractivity contribution in [2.75, 3.05) is 6.61 Å². The third-order valence-electron chi connectivity index (χ3n) is 5.41. The summed E-state index contributed by atoms with van der Waals surface area (Å²) in [6.45, 7) is 12.6. The summed E-state index contributed by atoms with van der Waals surface area (Å²) in [6.07, 6.45) is 4.99. The number of carbonyl (C=O) groups excluding carboxylic acids is 1. The van der Waals surface area contributed by atoms with Gasteiger partial charge in [-0.3, -0.25) is 4.79 Å². The summed E-state index contributed by atoms with van der Waals surface area (Å²) >= 11 is 0. The Kier molecular flexibility index (Phi) is 5.08. The van der Waals surface area contributed by atoms with Crippen LogP contribution in [0.2, 0.25) is 0 Å². The lowest BCUT2D eigenvalue weighted by molar-refractivity contribution is -0.149. The van der Waals surface area contributed by atoms with Crippen LogP contribution >= 0.6 is 0 Å². The first kappa shape index (κ1) is 17.5. The van der Waals surface area contributed by atoms with Crippen LogP contribution in [-0.4, -0.2) is 30.9 Å². The molecule has 1 heterocycles. The Morgan fingerprint density at radius 3 is 2.41 bits per heavy atom. The molecule has 1 saturated heterocycles. The quantitative estimate of drug-likeness (QED) is 0.588. The van der Waals surface area contributed by atoms with E-state index >= 15 is 0 Å². The maximum Gasteiger partial charge on any atom is 0.490 e. The average molecular weight is 308 g/mol. The second kappa shape index (κ2) is 6.36. The van der Waals surface area contributed by atoms with Crippen molar-refractivity contribution in [3.63, 3.8) is 0 Å². The van der Waals surface area contributed by atoms with Crippen LogP contribution in [0.5, 0.6) is 0 Å². The highest BCUT2D eigenvalue weighted by atomic mass is 16.7. The molecular weight excluding hydrogens is 279 g/mol. The summed E-state index contributed by atoms with van der Waals surface area (Å²) in [5, 5.41) is 0. The Labute approximate surface area is 134 Å². The fourth-order valence-electron chi connectivity index (χ4n) is 3.00. The second-order valence-corrected chi connectivity index (χ2v) is 7.44. The number of esters is 1. The molecule has 1 aliphatic carbocycles. The molecule has 0 N–H and O–H groups in total. The van der Waals surface area contributed by atoms with E-state index in [4.69, 9.17) is 14.0 Å². The van der Waals surface area contributed by atoms with Crippen LogP contribution < -0.4 is 0 Å². The van der Waals surface area contributed by atoms with E-state index in [1.807, 2.05) is 13.8 Å². The van der Waals surface area contributed by atoms with Crippen molar-refractivity contribution >= 4 is 13.1 Å². The molecule has 22 heavy (non-hydrogen) atoms. The zero-order valence-electron chi connectivity index (χ0n) is 14.8. The lowest BCUT2D eigenvalue weighted by Crippen LogP contribution is -2.41. The predicted octanol–water partition coefficient (Wildman–Crippen LogP) is 3.54. The van der Waals surface area contributed by atoms with Crippen molar-refractivity contribution in [2.45, 2.75) is 72.0 Å². The highest BCUT2D eigenvalue weighted by molar-refractivity contribution is 6.54. The first-order chi connectivity index (χ1) is 10.2. The van der Waals surface area contributed by atoms with Gasteiger partial charge in [-0.1, -0.05) is 13.0 Å². The zero-order chi connectivity index (χ0) is 16.5. The topological polar surface area (TPSA) is 44.8 Å². The third kappa shape index (κ3) is 3.41. The summed E-state index contributed by atoms with van der Waals surface area (Å²) in [6, 6.07) is 0. The molecule has 124 valence electrons. The molecule has 0 saturated carbocycles. The van der Waals surface area contributed by atoms with E-state index in [2.05, 4.69) is 33.8 Å². The molecule has 2 rings (SSSR count). The van der Waals surface area contributed by atoms with Gasteiger partial charge >= 0.3 is 13.1 Å². The average Bonchev–Trinajstić information content (AvgIpc) is 2.67. The van der Waals surface area contributed by atoms with Gasteiger partial charge in [-0.25, -0.2) is 0 Å². The van der Waals surface area contributed by atoms with E-state index in [1.54, 1.807) is 0 Å². The smallest absolute Gasteiger partial charge is 0.466 e. The predicted molar refractivity (Wildman–Crippen MR) is 87.3 cm³/mol. The normalized spacial score (nSPS) is 28.2. The van der Waals surface area contributed by atoms with Crippen molar-refractivity contribution in [1.29, 1.82) is 0 Å². The molecule has 0 radical (unpaired) electrons. The number of carbonyl (C=O) groups is 1. The maximum atomic E-state index is 11.9. The van der Waals surface area contributed by atoms with Crippen molar-refractivity contribution in [3.8, 4) is 0 Å². The molecule has 1 unspecified atom stereocenters. The van der Waals surface area contributed by atoms with Gasteiger partial charge in [-0.05, 0) is 65.3 Å². The van der Waals surface area contributed by atoms with E-state index in [0.29, 0.717) is 12.5 Å². The molecule has 1 fully saturated rings. The van der Waals surface area contributed by atoms with Gasteiger partial charge in [0.1, 0.15) is 0 Å². The number of hydrogen-bond donors (Lipinski definition) is 0. The van der Waals surface area contributed by atoms with Crippen molar-refractivity contribution in [2.24, 2.45) is 11.8 Å². The number of allylic oxidation sites excluding steroid dienone is 2. The van der Waals surface area contributed by atoms with Crippen LogP contribution in [0.3, 0.4) is 0 Å². The molecule has 0 aromatic heterocycles. The minimum absolute atomic E-state index is 0.0453. The first-order valence-electron chi connectivity index (χ1n) is 8.39. The SMILES string of the molecule is CCOC(=O)[C@@H](C)C1CC=C(B2OC(C)(C)C(C)(C)O2)CC1. The van der Waals surface area contributed by atoms with Gasteiger partial charge in [0.2, 0.25) is 0 Å². The lowest BCUT2D eigenvalue weighted by Gasteiger charge is -2.32. The van der Waals surface area contributed by atoms with Crippen molar-refractivity contribution in [1.82, 2.24) is 0 Å². The van der Waals surface area contributed by atoms with Gasteiger partial charge in [0.05, 0.1) is 23.7 Å². The first-order valence-corrected chi connectivity index (χ1v) is 8.39. The standard InChI is InChI=1S/C17H29BO4/c1-7-20-15(19)12(2)13-8-10-14(11-9-13)18-21-16(3,4)17(5,6)22-18/h10,12-13H,7-9,11H2,1-6H3/t12-,13?/m0/s1. The van der Waals surface area contributed by atoms with Crippen LogP contribution in [-0.2, 0) is 18.8 Å². The van der Waals surface area contributed by atoms with Crippen molar-refractivity contribution < 1.29 is 18.8 Å². The molecule has 2 atom stereocenters. The fraction of sp³-hybridized carbons (Fsp3) is 0.824. The van der Waals surface area contributed by atoms with Crippen molar-refractivity contribution in [3.05, 3.63) is 11.5 Å². The summed E-state index contributed by atoms with van der Waals surface area (Å²) < 4.78 is 17.3. The highest BCUT2D eigenvalue weighted by Crippen LogP contribution is 2.41. The second-order valence-electron chi connectivity index (χ2n) is 7.44. The van der Waals surface area contributed by atoms with E-state index in [0.717, 1.165) is 19.3 Å². The number of hydrogen-bond acceptors (Lipinski definition) is 4. The Bertz CT molecular complexity index is 440. The van der Waals surface area contributed by atoms with Crippen LogP contribution in [0.4, 0.5) is 0 Å². The minimum Gasteiger partial charge on any atom is -0.466 e. The maximum absolute atomic E-state index is 11.9. The molecule has 0 amide bonds. The van der Waals surface area contributed by atoms with Gasteiger partial charge in [-0.15, -0.1) is 0 Å². The van der Waals surface area contributed by atoms with E-state index < -0.39 is 0 Å². The van der Waals surface area contributed by atoms with E-state index in [-0.39, 0.29) is 30.2 Å². The minimum atomic E-state index is -0.298. The molecular formula is C17H29BO4. The van der Waals surface area contributed by atoms with Gasteiger partial charge in [0.15, 0.2) is 0 Å². The zero-order valence-corrected chi connectivity index (χ0v) is 14.8. The Morgan fingerprint density at radius 1 is 1.36 bits per heavy atom. The van der Waals surface area contributed by atoms with Crippen LogP contribution in [0.1, 0.15) is 60.8 Å².